The van der Waals surface area contributed by atoms with Crippen LogP contribution in [0.2, 0.25) is 0 Å². The van der Waals surface area contributed by atoms with Crippen molar-refractivity contribution in [2.24, 2.45) is 0 Å². The molecule has 0 radical (unpaired) electrons. The van der Waals surface area contributed by atoms with Gasteiger partial charge in [0.2, 0.25) is 17.7 Å². The Bertz CT molecular complexity index is 1900. The zero-order valence-corrected chi connectivity index (χ0v) is 24.1. The summed E-state index contributed by atoms with van der Waals surface area (Å²) in [5.41, 5.74) is 4.31. The number of anilines is 1. The molecule has 2 atom stereocenters. The molecule has 1 fully saturated rings. The summed E-state index contributed by atoms with van der Waals surface area (Å²) in [5, 5.41) is 9.70. The number of rotatable bonds is 9. The van der Waals surface area contributed by atoms with Crippen molar-refractivity contribution < 1.29 is 23.6 Å². The molecule has 2 aromatic carbocycles. The van der Waals surface area contributed by atoms with E-state index in [0.29, 0.717) is 30.0 Å². The number of imidazole rings is 1. The first-order valence-electron chi connectivity index (χ1n) is 14.6. The maximum Gasteiger partial charge on any atom is 0.255 e. The van der Waals surface area contributed by atoms with Gasteiger partial charge in [-0.25, -0.2) is 4.98 Å². The molecule has 12 heteroatoms. The first-order valence-corrected chi connectivity index (χ1v) is 14.6. The molecule has 12 nitrogen and oxygen atoms in total. The number of amides is 4. The fraction of sp³-hybridized carbons (Fsp3) is 0.212. The first-order chi connectivity index (χ1) is 21.9. The maximum atomic E-state index is 13.2. The van der Waals surface area contributed by atoms with E-state index in [-0.39, 0.29) is 37.2 Å². The third-order valence-electron chi connectivity index (χ3n) is 8.11. The van der Waals surface area contributed by atoms with Crippen molar-refractivity contribution in [2.75, 3.05) is 5.32 Å². The Balaban J connectivity index is 1.01. The molecular weight excluding hydrogens is 574 g/mol. The molecule has 5 heterocycles. The van der Waals surface area contributed by atoms with Gasteiger partial charge in [-0.2, -0.15) is 0 Å². The van der Waals surface area contributed by atoms with E-state index in [1.54, 1.807) is 41.6 Å². The number of para-hydroxylation sites is 1. The monoisotopic (exact) mass is 603 g/mol. The highest BCUT2D eigenvalue weighted by Crippen LogP contribution is 2.33. The zero-order valence-electron chi connectivity index (χ0n) is 24.1. The normalized spacial score (nSPS) is 16.8. The van der Waals surface area contributed by atoms with Gasteiger partial charge in [-0.05, 0) is 36.8 Å². The van der Waals surface area contributed by atoms with E-state index >= 15 is 0 Å². The molecule has 0 bridgehead atoms. The van der Waals surface area contributed by atoms with Crippen molar-refractivity contribution in [3.63, 3.8) is 0 Å². The summed E-state index contributed by atoms with van der Waals surface area (Å²) in [4.78, 5) is 60.5. The topological polar surface area (TPSA) is 151 Å². The SMILES string of the molecule is O=C1CCC(N2Cc3c(NCc4cn(CC(=O)NC(c5cccnc5)c5cc6ccccc6o5)cn4)cccc3C2=O)C(=O)N1. The molecule has 226 valence electrons. The van der Waals surface area contributed by atoms with Crippen molar-refractivity contribution in [3.05, 3.63) is 114 Å². The number of hydrogen-bond acceptors (Lipinski definition) is 8. The van der Waals surface area contributed by atoms with Crippen LogP contribution in [0.1, 0.15) is 51.8 Å². The third-order valence-corrected chi connectivity index (χ3v) is 8.11. The number of furan rings is 1. The lowest BCUT2D eigenvalue weighted by Crippen LogP contribution is -2.52. The van der Waals surface area contributed by atoms with Crippen LogP contribution in [0.3, 0.4) is 0 Å². The van der Waals surface area contributed by atoms with E-state index in [4.69, 9.17) is 4.42 Å². The Morgan fingerprint density at radius 1 is 1.09 bits per heavy atom. The van der Waals surface area contributed by atoms with Crippen LogP contribution in [0.25, 0.3) is 11.0 Å². The van der Waals surface area contributed by atoms with E-state index < -0.39 is 18.0 Å². The highest BCUT2D eigenvalue weighted by molar-refractivity contribution is 6.06. The maximum absolute atomic E-state index is 13.2. The second kappa shape index (κ2) is 11.7. The van der Waals surface area contributed by atoms with Crippen LogP contribution in [0.5, 0.6) is 0 Å². The summed E-state index contributed by atoms with van der Waals surface area (Å²) in [5.74, 6) is -0.613. The molecule has 0 spiro atoms. The first kappa shape index (κ1) is 28.0. The van der Waals surface area contributed by atoms with Crippen molar-refractivity contribution in [2.45, 2.75) is 44.6 Å². The Labute approximate surface area is 257 Å². The summed E-state index contributed by atoms with van der Waals surface area (Å²) in [6.45, 7) is 0.663. The largest absolute Gasteiger partial charge is 0.459 e. The second-order valence-corrected chi connectivity index (χ2v) is 11.1. The average Bonchev–Trinajstić information content (AvgIpc) is 3.77. The van der Waals surface area contributed by atoms with E-state index in [9.17, 15) is 19.2 Å². The number of fused-ring (bicyclic) bond motifs is 2. The number of carbonyl (C=O) groups is 4. The molecule has 45 heavy (non-hydrogen) atoms. The average molecular weight is 604 g/mol. The van der Waals surface area contributed by atoms with Crippen LogP contribution < -0.4 is 16.0 Å². The quantitative estimate of drug-likeness (QED) is 0.217. The van der Waals surface area contributed by atoms with Gasteiger partial charge in [-0.3, -0.25) is 29.5 Å². The van der Waals surface area contributed by atoms with E-state index in [0.717, 1.165) is 27.8 Å². The molecule has 1 saturated heterocycles. The minimum absolute atomic E-state index is 0.0418. The third kappa shape index (κ3) is 5.65. The molecule has 0 aliphatic carbocycles. The lowest BCUT2D eigenvalue weighted by Gasteiger charge is -2.29. The summed E-state index contributed by atoms with van der Waals surface area (Å²) in [6.07, 6.45) is 7.28. The lowest BCUT2D eigenvalue weighted by atomic mass is 10.0. The molecule has 4 amide bonds. The molecule has 0 saturated carbocycles. The van der Waals surface area contributed by atoms with Gasteiger partial charge < -0.3 is 24.5 Å². The molecule has 5 aromatic rings. The number of hydrogen-bond donors (Lipinski definition) is 3. The molecule has 7 rings (SSSR count). The van der Waals surface area contributed by atoms with Gasteiger partial charge in [0.1, 0.15) is 30.0 Å². The summed E-state index contributed by atoms with van der Waals surface area (Å²) >= 11 is 0. The van der Waals surface area contributed by atoms with Gasteiger partial charge in [0.15, 0.2) is 0 Å². The van der Waals surface area contributed by atoms with Gasteiger partial charge in [0, 0.05) is 59.3 Å². The van der Waals surface area contributed by atoms with Crippen LogP contribution in [0.15, 0.2) is 90.0 Å². The van der Waals surface area contributed by atoms with Gasteiger partial charge >= 0.3 is 0 Å². The van der Waals surface area contributed by atoms with Crippen molar-refractivity contribution in [3.8, 4) is 0 Å². The van der Waals surface area contributed by atoms with E-state index in [2.05, 4.69) is 25.9 Å². The molecule has 2 unspecified atom stereocenters. The van der Waals surface area contributed by atoms with Gasteiger partial charge in [-0.1, -0.05) is 30.3 Å². The number of pyridine rings is 1. The Morgan fingerprint density at radius 2 is 1.98 bits per heavy atom. The van der Waals surface area contributed by atoms with Crippen LogP contribution in [-0.2, 0) is 34.0 Å². The van der Waals surface area contributed by atoms with Crippen LogP contribution >= 0.6 is 0 Å². The van der Waals surface area contributed by atoms with Gasteiger partial charge in [0.25, 0.3) is 5.91 Å². The number of imide groups is 1. The van der Waals surface area contributed by atoms with Crippen molar-refractivity contribution in [1.82, 2.24) is 30.1 Å². The smallest absolute Gasteiger partial charge is 0.255 e. The molecule has 3 aromatic heterocycles. The van der Waals surface area contributed by atoms with Gasteiger partial charge in [0.05, 0.1) is 18.6 Å². The number of benzene rings is 2. The van der Waals surface area contributed by atoms with E-state index in [1.165, 1.54) is 4.90 Å². The Morgan fingerprint density at radius 3 is 2.80 bits per heavy atom. The Kier molecular flexibility index (Phi) is 7.30. The van der Waals surface area contributed by atoms with Crippen molar-refractivity contribution >= 4 is 40.3 Å². The lowest BCUT2D eigenvalue weighted by molar-refractivity contribution is -0.137. The zero-order chi connectivity index (χ0) is 30.9. The van der Waals surface area contributed by atoms with Crippen LogP contribution in [0, 0.1) is 0 Å². The van der Waals surface area contributed by atoms with E-state index in [1.807, 2.05) is 48.5 Å². The molecule has 2 aliphatic heterocycles. The number of carbonyl (C=O) groups excluding carboxylic acids is 4. The minimum atomic E-state index is -0.679. The fourth-order valence-electron chi connectivity index (χ4n) is 5.90. The second-order valence-electron chi connectivity index (χ2n) is 11.1. The van der Waals surface area contributed by atoms with Crippen molar-refractivity contribution in [1.29, 1.82) is 0 Å². The standard InChI is InChI=1S/C33H29N7O5/c41-29-11-10-26(32(43)38-29)40-17-24-23(33(40)44)7-3-8-25(24)35-15-22-16-39(19-36-22)18-30(42)37-31(21-6-4-12-34-14-21)28-13-20-5-1-2-9-27(20)45-28/h1-9,12-14,16,19,26,31,35H,10-11,15,17-18H2,(H,37,42)(H,38,41,43). The summed E-state index contributed by atoms with van der Waals surface area (Å²) in [7, 11) is 0. The van der Waals surface area contributed by atoms with Gasteiger partial charge in [-0.15, -0.1) is 0 Å². The predicted molar refractivity (Wildman–Crippen MR) is 162 cm³/mol. The molecule has 3 N–H and O–H groups in total. The number of nitrogens with one attached hydrogen (secondary N) is 3. The minimum Gasteiger partial charge on any atom is -0.459 e. The fourth-order valence-corrected chi connectivity index (χ4v) is 5.90. The molecular formula is C33H29N7O5. The number of aromatic nitrogens is 3. The number of piperidine rings is 1. The summed E-state index contributed by atoms with van der Waals surface area (Å²) in [6, 6.07) is 17.5. The van der Waals surface area contributed by atoms with Crippen LogP contribution in [0.4, 0.5) is 5.69 Å². The predicted octanol–water partition coefficient (Wildman–Crippen LogP) is 3.30. The number of nitrogens with zero attached hydrogens (tertiary/aromatic N) is 4. The highest BCUT2D eigenvalue weighted by Gasteiger charge is 2.39. The van der Waals surface area contributed by atoms with Crippen LogP contribution in [-0.4, -0.2) is 49.1 Å². The molecule has 2 aliphatic rings. The summed E-state index contributed by atoms with van der Waals surface area (Å²) < 4.78 is 7.78. The highest BCUT2D eigenvalue weighted by atomic mass is 16.3. The Hall–Kier alpha value is -5.78.